The first-order chi connectivity index (χ1) is 12.1. The van der Waals surface area contributed by atoms with Gasteiger partial charge in [0.15, 0.2) is 0 Å². The fourth-order valence-corrected chi connectivity index (χ4v) is 3.30. The van der Waals surface area contributed by atoms with Gasteiger partial charge >= 0.3 is 0 Å². The maximum Gasteiger partial charge on any atom is 0.265 e. The Labute approximate surface area is 143 Å². The van der Waals surface area contributed by atoms with Gasteiger partial charge in [-0.25, -0.2) is 0 Å². The van der Waals surface area contributed by atoms with Gasteiger partial charge in [-0.2, -0.15) is 0 Å². The third-order valence-electron chi connectivity index (χ3n) is 4.51. The zero-order chi connectivity index (χ0) is 17.6. The van der Waals surface area contributed by atoms with Crippen molar-refractivity contribution < 1.29 is 19.8 Å². The van der Waals surface area contributed by atoms with Crippen LogP contribution >= 0.6 is 0 Å². The van der Waals surface area contributed by atoms with Gasteiger partial charge in [-0.15, -0.1) is 0 Å². The summed E-state index contributed by atoms with van der Waals surface area (Å²) in [5, 5.41) is 21.2. The van der Waals surface area contributed by atoms with Crippen LogP contribution in [0.4, 0.5) is 0 Å². The summed E-state index contributed by atoms with van der Waals surface area (Å²) in [5.41, 5.74) is 1.05. The van der Waals surface area contributed by atoms with Crippen molar-refractivity contribution >= 4 is 22.6 Å². The van der Waals surface area contributed by atoms with Gasteiger partial charge in [0.1, 0.15) is 11.5 Å². The summed E-state index contributed by atoms with van der Waals surface area (Å²) in [6.45, 7) is 0.213. The molecule has 25 heavy (non-hydrogen) atoms. The Morgan fingerprint density at radius 2 is 1.52 bits per heavy atom. The molecule has 0 aliphatic carbocycles. The number of fused-ring (bicyclic) bond motifs is 3. The van der Waals surface area contributed by atoms with E-state index in [2.05, 4.69) is 0 Å². The van der Waals surface area contributed by atoms with Gasteiger partial charge in [0.25, 0.3) is 11.8 Å². The summed E-state index contributed by atoms with van der Waals surface area (Å²) in [6.07, 6.45) is 0.525. The van der Waals surface area contributed by atoms with E-state index < -0.39 is 11.8 Å². The molecule has 5 nitrogen and oxygen atoms in total. The number of rotatable bonds is 3. The minimum atomic E-state index is -0.529. The van der Waals surface area contributed by atoms with Crippen molar-refractivity contribution in [3.8, 4) is 11.5 Å². The predicted molar refractivity (Wildman–Crippen MR) is 92.8 cm³/mol. The number of benzene rings is 3. The van der Waals surface area contributed by atoms with Crippen molar-refractivity contribution in [1.82, 2.24) is 4.90 Å². The molecule has 2 N–H and O–H groups in total. The summed E-state index contributed by atoms with van der Waals surface area (Å²) in [7, 11) is 0. The zero-order valence-electron chi connectivity index (χ0n) is 13.3. The molecule has 1 aliphatic heterocycles. The predicted octanol–water partition coefficient (Wildman–Crippen LogP) is 3.09. The smallest absolute Gasteiger partial charge is 0.265 e. The lowest BCUT2D eigenvalue weighted by Gasteiger charge is -2.13. The van der Waals surface area contributed by atoms with Gasteiger partial charge < -0.3 is 10.2 Å². The molecule has 4 rings (SSSR count). The van der Waals surface area contributed by atoms with Gasteiger partial charge in [0, 0.05) is 11.9 Å². The number of phenolic OH excluding ortho intramolecular Hbond substituents is 2. The van der Waals surface area contributed by atoms with Gasteiger partial charge in [-0.1, -0.05) is 42.5 Å². The van der Waals surface area contributed by atoms with E-state index in [4.69, 9.17) is 0 Å². The van der Waals surface area contributed by atoms with Crippen LogP contribution in [-0.2, 0) is 6.42 Å². The molecule has 2 amide bonds. The summed E-state index contributed by atoms with van der Waals surface area (Å²) >= 11 is 0. The zero-order valence-corrected chi connectivity index (χ0v) is 13.3. The molecule has 3 aromatic carbocycles. The van der Waals surface area contributed by atoms with E-state index in [-0.39, 0.29) is 29.2 Å². The molecule has 0 radical (unpaired) electrons. The van der Waals surface area contributed by atoms with Crippen molar-refractivity contribution in [2.45, 2.75) is 6.42 Å². The van der Waals surface area contributed by atoms with E-state index in [1.165, 1.54) is 12.1 Å². The fourth-order valence-electron chi connectivity index (χ4n) is 3.30. The minimum absolute atomic E-state index is 0.0351. The Morgan fingerprint density at radius 1 is 0.800 bits per heavy atom. The standard InChI is InChI=1S/C20H15NO4/c22-14-8-4-7-13-11-15(23)17-18(16(13)14)20(25)21(19(17)24)10-9-12-5-2-1-3-6-12/h1-8,11,22-23H,9-10H2. The van der Waals surface area contributed by atoms with Crippen LogP contribution in [0.25, 0.3) is 10.8 Å². The van der Waals surface area contributed by atoms with E-state index in [0.717, 1.165) is 10.5 Å². The number of imide groups is 1. The van der Waals surface area contributed by atoms with Crippen LogP contribution < -0.4 is 0 Å². The van der Waals surface area contributed by atoms with E-state index >= 15 is 0 Å². The molecule has 0 unspecified atom stereocenters. The number of carbonyl (C=O) groups excluding carboxylic acids is 2. The molecule has 0 atom stereocenters. The van der Waals surface area contributed by atoms with E-state index in [9.17, 15) is 19.8 Å². The fraction of sp³-hybridized carbons (Fsp3) is 0.100. The molecule has 0 aromatic heterocycles. The Balaban J connectivity index is 1.77. The third kappa shape index (κ3) is 2.32. The Bertz CT molecular complexity index is 1010. The minimum Gasteiger partial charge on any atom is -0.507 e. The first-order valence-electron chi connectivity index (χ1n) is 7.95. The summed E-state index contributed by atoms with van der Waals surface area (Å²) in [6, 6.07) is 15.7. The van der Waals surface area contributed by atoms with E-state index in [1.807, 2.05) is 30.3 Å². The van der Waals surface area contributed by atoms with E-state index in [1.54, 1.807) is 12.1 Å². The Kier molecular flexibility index (Phi) is 3.42. The van der Waals surface area contributed by atoms with Crippen LogP contribution in [0.2, 0.25) is 0 Å². The molecule has 124 valence electrons. The number of amides is 2. The van der Waals surface area contributed by atoms with Crippen LogP contribution in [0.3, 0.4) is 0 Å². The lowest BCUT2D eigenvalue weighted by Crippen LogP contribution is -2.31. The molecule has 0 spiro atoms. The maximum absolute atomic E-state index is 12.8. The number of carbonyl (C=O) groups is 2. The highest BCUT2D eigenvalue weighted by molar-refractivity contribution is 6.28. The second-order valence-electron chi connectivity index (χ2n) is 6.02. The number of hydrogen-bond acceptors (Lipinski definition) is 4. The first-order valence-corrected chi connectivity index (χ1v) is 7.95. The lowest BCUT2D eigenvalue weighted by atomic mass is 9.98. The highest BCUT2D eigenvalue weighted by Crippen LogP contribution is 2.40. The van der Waals surface area contributed by atoms with Crippen molar-refractivity contribution in [2.75, 3.05) is 6.54 Å². The topological polar surface area (TPSA) is 77.8 Å². The number of aromatic hydroxyl groups is 2. The Hall–Kier alpha value is -3.34. The average Bonchev–Trinajstić information content (AvgIpc) is 2.86. The molecular formula is C20H15NO4. The average molecular weight is 333 g/mol. The molecule has 3 aromatic rings. The molecule has 0 saturated heterocycles. The molecule has 0 bridgehead atoms. The van der Waals surface area contributed by atoms with Crippen LogP contribution in [0, 0.1) is 0 Å². The van der Waals surface area contributed by atoms with Crippen LogP contribution in [0.15, 0.2) is 54.6 Å². The number of nitrogens with zero attached hydrogens (tertiary/aromatic N) is 1. The number of phenols is 2. The maximum atomic E-state index is 12.8. The summed E-state index contributed by atoms with van der Waals surface area (Å²) in [5.74, 6) is -1.34. The van der Waals surface area contributed by atoms with Gasteiger partial charge in [0.05, 0.1) is 11.1 Å². The highest BCUT2D eigenvalue weighted by atomic mass is 16.3. The molecular weight excluding hydrogens is 318 g/mol. The largest absolute Gasteiger partial charge is 0.507 e. The van der Waals surface area contributed by atoms with Crippen LogP contribution in [0.1, 0.15) is 26.3 Å². The van der Waals surface area contributed by atoms with Gasteiger partial charge in [0.2, 0.25) is 0 Å². The van der Waals surface area contributed by atoms with Crippen molar-refractivity contribution in [3.63, 3.8) is 0 Å². The normalized spacial score (nSPS) is 13.5. The SMILES string of the molecule is O=C1c2c(O)cc3cccc(O)c3c2C(=O)N1CCc1ccccc1. The monoisotopic (exact) mass is 333 g/mol. The summed E-state index contributed by atoms with van der Waals surface area (Å²) in [4.78, 5) is 26.6. The van der Waals surface area contributed by atoms with E-state index in [0.29, 0.717) is 17.2 Å². The van der Waals surface area contributed by atoms with Gasteiger partial charge in [-0.3, -0.25) is 14.5 Å². The summed E-state index contributed by atoms with van der Waals surface area (Å²) < 4.78 is 0. The molecule has 1 aliphatic rings. The molecule has 5 heteroatoms. The second kappa shape index (κ2) is 5.63. The van der Waals surface area contributed by atoms with Crippen molar-refractivity contribution in [3.05, 3.63) is 71.3 Å². The van der Waals surface area contributed by atoms with Crippen LogP contribution in [0.5, 0.6) is 11.5 Å². The lowest BCUT2D eigenvalue weighted by molar-refractivity contribution is 0.0656. The van der Waals surface area contributed by atoms with Gasteiger partial charge in [-0.05, 0) is 29.5 Å². The van der Waals surface area contributed by atoms with Crippen molar-refractivity contribution in [2.24, 2.45) is 0 Å². The molecule has 1 heterocycles. The quantitative estimate of drug-likeness (QED) is 0.722. The van der Waals surface area contributed by atoms with Crippen LogP contribution in [-0.4, -0.2) is 33.5 Å². The molecule has 0 saturated carbocycles. The Morgan fingerprint density at radius 3 is 2.28 bits per heavy atom. The third-order valence-corrected chi connectivity index (χ3v) is 4.51. The highest BCUT2D eigenvalue weighted by Gasteiger charge is 2.39. The first kappa shape index (κ1) is 15.2. The number of hydrogen-bond donors (Lipinski definition) is 2. The second-order valence-corrected chi connectivity index (χ2v) is 6.02. The molecule has 0 fully saturated rings. The van der Waals surface area contributed by atoms with Crippen molar-refractivity contribution in [1.29, 1.82) is 0 Å².